The van der Waals surface area contributed by atoms with Crippen LogP contribution < -0.4 is 5.32 Å². The fourth-order valence-corrected chi connectivity index (χ4v) is 2.88. The number of hydrogen-bond acceptors (Lipinski definition) is 5. The van der Waals surface area contributed by atoms with Crippen molar-refractivity contribution < 1.29 is 18.0 Å². The van der Waals surface area contributed by atoms with Crippen LogP contribution in [0.2, 0.25) is 0 Å². The molecule has 2 aromatic rings. The topological polar surface area (TPSA) is 72.7 Å². The fraction of sp³-hybridized carbons (Fsp3) is 0.467. The van der Waals surface area contributed by atoms with Crippen LogP contribution in [-0.4, -0.2) is 43.1 Å². The fourth-order valence-electron chi connectivity index (χ4n) is 2.03. The maximum Gasteiger partial charge on any atom is 0.406 e. The molecule has 0 bridgehead atoms. The van der Waals surface area contributed by atoms with E-state index in [9.17, 15) is 18.0 Å². The molecule has 0 aliphatic rings. The summed E-state index contributed by atoms with van der Waals surface area (Å²) in [6.07, 6.45) is -1.51. The van der Waals surface area contributed by atoms with Gasteiger partial charge in [0.15, 0.2) is 11.0 Å². The first-order chi connectivity index (χ1) is 11.7. The summed E-state index contributed by atoms with van der Waals surface area (Å²) in [4.78, 5) is 15.9. The average Bonchev–Trinajstić information content (AvgIpc) is 2.88. The standard InChI is InChI=1S/C15H18F3N5OS/c1-9(2)20-13(24)10(3)25-14-22-21-12(11-4-6-19-7-5-11)23(14)8-15(16,17)18/h4-7,9-10H,8H2,1-3H3,(H,20,24)/t10-/m0/s1. The molecule has 6 nitrogen and oxygen atoms in total. The Morgan fingerprint density at radius 3 is 2.44 bits per heavy atom. The lowest BCUT2D eigenvalue weighted by molar-refractivity contribution is -0.141. The number of aromatic nitrogens is 4. The molecule has 0 saturated carbocycles. The Morgan fingerprint density at radius 2 is 1.88 bits per heavy atom. The minimum absolute atomic E-state index is 0.0375. The van der Waals surface area contributed by atoms with E-state index in [-0.39, 0.29) is 22.9 Å². The molecule has 1 amide bonds. The molecule has 2 heterocycles. The van der Waals surface area contributed by atoms with E-state index in [1.165, 1.54) is 12.4 Å². The Kier molecular flexibility index (Phi) is 6.04. The summed E-state index contributed by atoms with van der Waals surface area (Å²) < 4.78 is 39.9. The van der Waals surface area contributed by atoms with Gasteiger partial charge in [0.1, 0.15) is 6.54 Å². The van der Waals surface area contributed by atoms with Crippen molar-refractivity contribution in [3.05, 3.63) is 24.5 Å². The quantitative estimate of drug-likeness (QED) is 0.789. The molecule has 0 unspecified atom stereocenters. The molecule has 2 rings (SSSR count). The van der Waals surface area contributed by atoms with E-state index in [1.807, 2.05) is 13.8 Å². The van der Waals surface area contributed by atoms with Crippen molar-refractivity contribution in [1.29, 1.82) is 0 Å². The lowest BCUT2D eigenvalue weighted by atomic mass is 10.2. The SMILES string of the molecule is CC(C)NC(=O)[C@H](C)Sc1nnc(-c2ccncc2)n1CC(F)(F)F. The molecule has 0 saturated heterocycles. The lowest BCUT2D eigenvalue weighted by Gasteiger charge is -2.16. The van der Waals surface area contributed by atoms with E-state index in [1.54, 1.807) is 19.1 Å². The first kappa shape index (κ1) is 19.2. The smallest absolute Gasteiger partial charge is 0.353 e. The summed E-state index contributed by atoms with van der Waals surface area (Å²) in [5.74, 6) is -0.189. The van der Waals surface area contributed by atoms with E-state index in [2.05, 4.69) is 20.5 Å². The average molecular weight is 373 g/mol. The number of nitrogens with one attached hydrogen (secondary N) is 1. The molecule has 1 N–H and O–H groups in total. The molecule has 136 valence electrons. The summed E-state index contributed by atoms with van der Waals surface area (Å²) in [6, 6.07) is 3.05. The van der Waals surface area contributed by atoms with Gasteiger partial charge in [-0.3, -0.25) is 14.3 Å². The van der Waals surface area contributed by atoms with Gasteiger partial charge in [-0.15, -0.1) is 10.2 Å². The number of hydrogen-bond donors (Lipinski definition) is 1. The van der Waals surface area contributed by atoms with Crippen molar-refractivity contribution in [3.63, 3.8) is 0 Å². The third kappa shape index (κ3) is 5.45. The van der Waals surface area contributed by atoms with Crippen LogP contribution in [-0.2, 0) is 11.3 Å². The number of carbonyl (C=O) groups excluding carboxylic acids is 1. The Morgan fingerprint density at radius 1 is 1.24 bits per heavy atom. The second-order valence-electron chi connectivity index (χ2n) is 5.67. The molecule has 10 heteroatoms. The number of rotatable bonds is 6. The van der Waals surface area contributed by atoms with Gasteiger partial charge in [0.25, 0.3) is 0 Å². The van der Waals surface area contributed by atoms with E-state index in [0.29, 0.717) is 5.56 Å². The second kappa shape index (κ2) is 7.85. The van der Waals surface area contributed by atoms with Crippen LogP contribution >= 0.6 is 11.8 Å². The largest absolute Gasteiger partial charge is 0.406 e. The van der Waals surface area contributed by atoms with Crippen molar-refractivity contribution in [2.45, 2.75) is 49.9 Å². The predicted molar refractivity (Wildman–Crippen MR) is 87.9 cm³/mol. The number of amides is 1. The third-order valence-electron chi connectivity index (χ3n) is 3.08. The number of thioether (sulfide) groups is 1. The Bertz CT molecular complexity index is 718. The highest BCUT2D eigenvalue weighted by Gasteiger charge is 2.32. The molecule has 25 heavy (non-hydrogen) atoms. The van der Waals surface area contributed by atoms with E-state index >= 15 is 0 Å². The zero-order chi connectivity index (χ0) is 18.6. The molecule has 0 spiro atoms. The minimum atomic E-state index is -4.44. The van der Waals surface area contributed by atoms with Gasteiger partial charge in [-0.1, -0.05) is 11.8 Å². The third-order valence-corrected chi connectivity index (χ3v) is 4.16. The minimum Gasteiger partial charge on any atom is -0.353 e. The first-order valence-electron chi connectivity index (χ1n) is 7.54. The molecule has 0 aliphatic carbocycles. The zero-order valence-corrected chi connectivity index (χ0v) is 14.7. The summed E-state index contributed by atoms with van der Waals surface area (Å²) in [7, 11) is 0. The molecule has 0 aromatic carbocycles. The van der Waals surface area contributed by atoms with Gasteiger partial charge in [0, 0.05) is 24.0 Å². The van der Waals surface area contributed by atoms with Crippen molar-refractivity contribution in [1.82, 2.24) is 25.1 Å². The number of halogens is 3. The van der Waals surface area contributed by atoms with Crippen molar-refractivity contribution in [3.8, 4) is 11.4 Å². The highest BCUT2D eigenvalue weighted by molar-refractivity contribution is 8.00. The van der Waals surface area contributed by atoms with E-state index in [4.69, 9.17) is 0 Å². The predicted octanol–water partition coefficient (Wildman–Crippen LogP) is 2.91. The maximum absolute atomic E-state index is 13.0. The van der Waals surface area contributed by atoms with Gasteiger partial charge in [-0.05, 0) is 32.9 Å². The monoisotopic (exact) mass is 373 g/mol. The zero-order valence-electron chi connectivity index (χ0n) is 13.9. The Hall–Kier alpha value is -2.10. The number of alkyl halides is 3. The van der Waals surface area contributed by atoms with Gasteiger partial charge in [0.2, 0.25) is 5.91 Å². The van der Waals surface area contributed by atoms with Crippen LogP contribution in [0.3, 0.4) is 0 Å². The van der Waals surface area contributed by atoms with Crippen LogP contribution in [0.1, 0.15) is 20.8 Å². The number of nitrogens with zero attached hydrogens (tertiary/aromatic N) is 4. The number of carbonyl (C=O) groups is 1. The number of pyridine rings is 1. The van der Waals surface area contributed by atoms with Crippen molar-refractivity contribution >= 4 is 17.7 Å². The van der Waals surface area contributed by atoms with E-state index in [0.717, 1.165) is 16.3 Å². The summed E-state index contributed by atoms with van der Waals surface area (Å²) in [5.41, 5.74) is 0.470. The molecular formula is C15H18F3N5OS. The molecule has 0 fully saturated rings. The van der Waals surface area contributed by atoms with Crippen molar-refractivity contribution in [2.75, 3.05) is 0 Å². The Labute approximate surface area is 147 Å². The van der Waals surface area contributed by atoms with Crippen LogP contribution in [0.25, 0.3) is 11.4 Å². The molecule has 1 atom stereocenters. The van der Waals surface area contributed by atoms with Crippen LogP contribution in [0.15, 0.2) is 29.7 Å². The second-order valence-corrected chi connectivity index (χ2v) is 6.97. The summed E-state index contributed by atoms with van der Waals surface area (Å²) >= 11 is 0.938. The molecule has 2 aromatic heterocycles. The Balaban J connectivity index is 2.32. The van der Waals surface area contributed by atoms with Gasteiger partial charge in [-0.2, -0.15) is 13.2 Å². The lowest BCUT2D eigenvalue weighted by Crippen LogP contribution is -2.36. The van der Waals surface area contributed by atoms with Gasteiger partial charge in [-0.25, -0.2) is 0 Å². The van der Waals surface area contributed by atoms with E-state index < -0.39 is 18.0 Å². The van der Waals surface area contributed by atoms with Gasteiger partial charge in [0.05, 0.1) is 5.25 Å². The molecule has 0 aliphatic heterocycles. The molecular weight excluding hydrogens is 355 g/mol. The highest BCUT2D eigenvalue weighted by Crippen LogP contribution is 2.30. The van der Waals surface area contributed by atoms with Gasteiger partial charge < -0.3 is 5.32 Å². The van der Waals surface area contributed by atoms with Crippen LogP contribution in [0.4, 0.5) is 13.2 Å². The normalized spacial score (nSPS) is 13.1. The van der Waals surface area contributed by atoms with Crippen molar-refractivity contribution in [2.24, 2.45) is 0 Å². The summed E-state index contributed by atoms with van der Waals surface area (Å²) in [6.45, 7) is 3.99. The molecule has 0 radical (unpaired) electrons. The van der Waals surface area contributed by atoms with Crippen LogP contribution in [0.5, 0.6) is 0 Å². The van der Waals surface area contributed by atoms with Gasteiger partial charge >= 0.3 is 6.18 Å². The first-order valence-corrected chi connectivity index (χ1v) is 8.42. The van der Waals surface area contributed by atoms with Crippen LogP contribution in [0, 0.1) is 0 Å². The highest BCUT2D eigenvalue weighted by atomic mass is 32.2. The maximum atomic E-state index is 13.0. The summed E-state index contributed by atoms with van der Waals surface area (Å²) in [5, 5.41) is 9.88.